The number of amides is 2. The minimum atomic E-state index is -4.68. The number of rotatable bonds is 12. The lowest BCUT2D eigenvalue weighted by Crippen LogP contribution is -2.59. The van der Waals surface area contributed by atoms with E-state index in [4.69, 9.17) is 21.1 Å². The molecule has 0 aliphatic heterocycles. The molecule has 0 radical (unpaired) electrons. The molecule has 3 N–H and O–H groups in total. The lowest BCUT2D eigenvalue weighted by molar-refractivity contribution is -0.357. The zero-order chi connectivity index (χ0) is 27.1. The van der Waals surface area contributed by atoms with Gasteiger partial charge in [-0.1, -0.05) is 24.4 Å². The van der Waals surface area contributed by atoms with Gasteiger partial charge in [0.25, 0.3) is 5.91 Å². The number of aliphatic hydroxyl groups is 1. The van der Waals surface area contributed by atoms with Crippen molar-refractivity contribution in [1.82, 2.24) is 10.6 Å². The number of aliphatic hydroxyl groups excluding tert-OH is 1. The number of alkyl halides is 3. The van der Waals surface area contributed by atoms with Gasteiger partial charge in [0.15, 0.2) is 6.61 Å². The molecule has 208 valence electrons. The van der Waals surface area contributed by atoms with Crippen LogP contribution in [-0.4, -0.2) is 66.9 Å². The Morgan fingerprint density at radius 1 is 1.14 bits per heavy atom. The van der Waals surface area contributed by atoms with Crippen LogP contribution < -0.4 is 15.4 Å². The topological polar surface area (TPSA) is 106 Å². The molecule has 2 aliphatic carbocycles. The largest absolute Gasteiger partial charge is 0.522 e. The van der Waals surface area contributed by atoms with Crippen molar-refractivity contribution in [3.05, 3.63) is 29.0 Å². The highest BCUT2D eigenvalue weighted by Gasteiger charge is 2.41. The predicted molar refractivity (Wildman–Crippen MR) is 124 cm³/mol. The summed E-state index contributed by atoms with van der Waals surface area (Å²) in [4.78, 5) is 24.6. The molecule has 3 rings (SSSR count). The Hall–Kier alpha value is -2.15. The molecule has 8 nitrogen and oxygen atoms in total. The van der Waals surface area contributed by atoms with Crippen molar-refractivity contribution in [3.8, 4) is 5.75 Å². The second-order valence-corrected chi connectivity index (χ2v) is 9.78. The highest BCUT2D eigenvalue weighted by Crippen LogP contribution is 2.33. The highest BCUT2D eigenvalue weighted by atomic mass is 35.5. The van der Waals surface area contributed by atoms with Gasteiger partial charge in [-0.3, -0.25) is 14.3 Å². The van der Waals surface area contributed by atoms with Gasteiger partial charge < -0.3 is 25.2 Å². The van der Waals surface area contributed by atoms with Gasteiger partial charge >= 0.3 is 6.36 Å². The average Bonchev–Trinajstić information content (AvgIpc) is 2.80. The van der Waals surface area contributed by atoms with E-state index < -0.39 is 47.8 Å². The molecule has 0 aromatic heterocycles. The van der Waals surface area contributed by atoms with Crippen LogP contribution in [0.4, 0.5) is 17.6 Å². The first-order valence-corrected chi connectivity index (χ1v) is 12.5. The van der Waals surface area contributed by atoms with Gasteiger partial charge in [-0.05, 0) is 37.8 Å². The summed E-state index contributed by atoms with van der Waals surface area (Å²) in [5.74, 6) is -1.41. The molecule has 1 aromatic rings. The van der Waals surface area contributed by atoms with E-state index in [1.807, 2.05) is 0 Å². The molecule has 1 aromatic carbocycles. The maximum atomic E-state index is 13.6. The molecule has 0 heterocycles. The van der Waals surface area contributed by atoms with Crippen molar-refractivity contribution in [2.24, 2.45) is 0 Å². The van der Waals surface area contributed by atoms with E-state index in [2.05, 4.69) is 15.4 Å². The van der Waals surface area contributed by atoms with E-state index in [-0.39, 0.29) is 43.4 Å². The second-order valence-electron chi connectivity index (χ2n) is 9.37. The normalized spacial score (nSPS) is 25.7. The number of halogens is 5. The summed E-state index contributed by atoms with van der Waals surface area (Å²) in [7, 11) is 0. The highest BCUT2D eigenvalue weighted by molar-refractivity contribution is 6.30. The van der Waals surface area contributed by atoms with E-state index >= 15 is 0 Å². The number of ether oxygens (including phenoxy) is 3. The van der Waals surface area contributed by atoms with Gasteiger partial charge in [0, 0.05) is 25.5 Å². The van der Waals surface area contributed by atoms with Gasteiger partial charge in [0.05, 0.1) is 28.9 Å². The standard InChI is InChI=1S/C24H31ClF4N2O6/c25-18-6-5-15(12-19(18)26)35-14-22(34)31-23(7-2-1-4-20(23)32)8-3-9-30-21(33)13-36-16-10-17(11-16)37-24(27,28)29/h5-6,12,16-17,20,32H,1-4,7-11,13-14H2,(H,30,33)(H,31,34)/t16-,17+,20-,23?/m0/s1. The molecular formula is C24H31ClF4N2O6. The van der Waals surface area contributed by atoms with Gasteiger partial charge in [-0.25, -0.2) is 4.39 Å². The van der Waals surface area contributed by atoms with E-state index in [0.29, 0.717) is 25.7 Å². The average molecular weight is 555 g/mol. The smallest absolute Gasteiger partial charge is 0.484 e. The Morgan fingerprint density at radius 3 is 2.57 bits per heavy atom. The second kappa shape index (κ2) is 13.1. The van der Waals surface area contributed by atoms with Gasteiger partial charge in [-0.2, -0.15) is 0 Å². The first-order chi connectivity index (χ1) is 17.5. The van der Waals surface area contributed by atoms with Crippen LogP contribution in [0.1, 0.15) is 51.4 Å². The molecule has 0 saturated heterocycles. The quantitative estimate of drug-likeness (QED) is 0.269. The van der Waals surface area contributed by atoms with Crippen molar-refractivity contribution in [1.29, 1.82) is 0 Å². The number of carbonyl (C=O) groups is 2. The monoisotopic (exact) mass is 554 g/mol. The number of benzene rings is 1. The van der Waals surface area contributed by atoms with Crippen LogP contribution in [0, 0.1) is 5.82 Å². The SMILES string of the molecule is O=C(CO[C@H]1C[C@@H](OC(F)(F)F)C1)NCCCC1(NC(=O)COc2ccc(Cl)c(F)c2)CCCC[C@@H]1O. The van der Waals surface area contributed by atoms with Crippen molar-refractivity contribution in [2.45, 2.75) is 81.6 Å². The minimum Gasteiger partial charge on any atom is -0.484 e. The fraction of sp³-hybridized carbons (Fsp3) is 0.667. The molecule has 0 spiro atoms. The van der Waals surface area contributed by atoms with Crippen LogP contribution in [0.3, 0.4) is 0 Å². The first kappa shape index (κ1) is 29.4. The summed E-state index contributed by atoms with van der Waals surface area (Å²) in [6.45, 7) is -0.395. The molecule has 37 heavy (non-hydrogen) atoms. The zero-order valence-electron chi connectivity index (χ0n) is 20.1. The van der Waals surface area contributed by atoms with Crippen LogP contribution in [-0.2, 0) is 19.1 Å². The third-order valence-corrected chi connectivity index (χ3v) is 6.87. The summed E-state index contributed by atoms with van der Waals surface area (Å²) < 4.78 is 64.5. The Kier molecular flexibility index (Phi) is 10.4. The molecule has 2 fully saturated rings. The van der Waals surface area contributed by atoms with E-state index in [1.165, 1.54) is 12.1 Å². The van der Waals surface area contributed by atoms with Crippen molar-refractivity contribution < 1.29 is 46.5 Å². The van der Waals surface area contributed by atoms with Crippen LogP contribution in [0.2, 0.25) is 5.02 Å². The summed E-state index contributed by atoms with van der Waals surface area (Å²) in [6.07, 6.45) is -3.16. The fourth-order valence-electron chi connectivity index (χ4n) is 4.57. The van der Waals surface area contributed by atoms with Crippen molar-refractivity contribution in [2.75, 3.05) is 19.8 Å². The number of carbonyl (C=O) groups excluding carboxylic acids is 2. The maximum Gasteiger partial charge on any atom is 0.522 e. The molecule has 2 amide bonds. The van der Waals surface area contributed by atoms with Crippen LogP contribution in [0.15, 0.2) is 18.2 Å². The van der Waals surface area contributed by atoms with Crippen LogP contribution in [0.25, 0.3) is 0 Å². The molecule has 13 heteroatoms. The molecule has 1 unspecified atom stereocenters. The van der Waals surface area contributed by atoms with Gasteiger partial charge in [0.1, 0.15) is 18.2 Å². The first-order valence-electron chi connectivity index (χ1n) is 12.2. The Morgan fingerprint density at radius 2 is 1.89 bits per heavy atom. The lowest BCUT2D eigenvalue weighted by Gasteiger charge is -2.42. The number of hydrogen-bond donors (Lipinski definition) is 3. The molecule has 2 saturated carbocycles. The van der Waals surface area contributed by atoms with Gasteiger partial charge in [-0.15, -0.1) is 13.2 Å². The summed E-state index contributed by atoms with van der Waals surface area (Å²) in [5, 5.41) is 16.2. The van der Waals surface area contributed by atoms with Crippen molar-refractivity contribution >= 4 is 23.4 Å². The fourth-order valence-corrected chi connectivity index (χ4v) is 4.68. The van der Waals surface area contributed by atoms with E-state index in [9.17, 15) is 32.3 Å². The van der Waals surface area contributed by atoms with Crippen LogP contribution in [0.5, 0.6) is 5.75 Å². The predicted octanol–water partition coefficient (Wildman–Crippen LogP) is 3.63. The molecule has 2 aliphatic rings. The summed E-state index contributed by atoms with van der Waals surface area (Å²) in [6, 6.07) is 3.84. The number of nitrogens with one attached hydrogen (secondary N) is 2. The molecule has 2 atom stereocenters. The van der Waals surface area contributed by atoms with E-state index in [1.54, 1.807) is 0 Å². The van der Waals surface area contributed by atoms with Gasteiger partial charge in [0.2, 0.25) is 5.91 Å². The minimum absolute atomic E-state index is 0.0630. The lowest BCUT2D eigenvalue weighted by atomic mass is 9.76. The Bertz CT molecular complexity index is 931. The zero-order valence-corrected chi connectivity index (χ0v) is 20.9. The molecule has 0 bridgehead atoms. The van der Waals surface area contributed by atoms with Crippen LogP contribution >= 0.6 is 11.6 Å². The van der Waals surface area contributed by atoms with Crippen molar-refractivity contribution in [3.63, 3.8) is 0 Å². The Labute approximate surface area is 217 Å². The number of hydrogen-bond acceptors (Lipinski definition) is 6. The maximum absolute atomic E-state index is 13.6. The Balaban J connectivity index is 1.38. The molecular weight excluding hydrogens is 524 g/mol. The third kappa shape index (κ3) is 9.27. The summed E-state index contributed by atoms with van der Waals surface area (Å²) in [5.41, 5.74) is -0.884. The summed E-state index contributed by atoms with van der Waals surface area (Å²) >= 11 is 5.64. The third-order valence-electron chi connectivity index (χ3n) is 6.56. The van der Waals surface area contributed by atoms with E-state index in [0.717, 1.165) is 18.9 Å².